The van der Waals surface area contributed by atoms with Crippen LogP contribution in [0.4, 0.5) is 0 Å². The van der Waals surface area contributed by atoms with Crippen LogP contribution in [0.3, 0.4) is 0 Å². The summed E-state index contributed by atoms with van der Waals surface area (Å²) in [6.45, 7) is 20.1. The number of nitriles is 1. The SMILES string of the molecule is CCc1cc(C)c2c(ccn2S)c1C(C)(N[S+]([O-])C(C)(C)C)c1nc2ccc(C#N)cc2n1COCC[Si](C)(C)C. The molecule has 2 atom stereocenters. The molecule has 2 aromatic heterocycles. The lowest BCUT2D eigenvalue weighted by Gasteiger charge is -2.37. The van der Waals surface area contributed by atoms with E-state index in [0.29, 0.717) is 18.0 Å². The standard InChI is InChI=1S/C31H43N5O2S2Si/c1-10-23-17-21(2)28-24(13-14-36(28)39)27(23)31(6,34-40(37)30(3,4)5)29-33-25-12-11-22(19-32)18-26(25)35(29)20-38-15-16-41(7,8)9/h11-14,17-18,34,39H,10,15-16,20H2,1-9H3. The Hall–Kier alpha value is -2.26. The van der Waals surface area contributed by atoms with Crippen molar-refractivity contribution in [3.8, 4) is 6.07 Å². The van der Waals surface area contributed by atoms with Gasteiger partial charge in [0.05, 0.1) is 28.2 Å². The van der Waals surface area contributed by atoms with Crippen molar-refractivity contribution in [2.45, 2.75) is 90.7 Å². The molecule has 0 saturated carbocycles. The number of imidazole rings is 1. The van der Waals surface area contributed by atoms with Crippen LogP contribution in [0, 0.1) is 18.3 Å². The van der Waals surface area contributed by atoms with Crippen LogP contribution in [0.5, 0.6) is 0 Å². The molecule has 0 aliphatic carbocycles. The Balaban J connectivity index is 2.03. The molecule has 0 radical (unpaired) electrons. The van der Waals surface area contributed by atoms with Crippen molar-refractivity contribution < 1.29 is 9.29 Å². The van der Waals surface area contributed by atoms with Gasteiger partial charge in [0.15, 0.2) is 0 Å². The van der Waals surface area contributed by atoms with Crippen molar-refractivity contribution in [1.82, 2.24) is 18.2 Å². The van der Waals surface area contributed by atoms with Crippen LogP contribution >= 0.6 is 12.8 Å². The highest BCUT2D eigenvalue weighted by atomic mass is 32.2. The Kier molecular flexibility index (Phi) is 9.10. The highest BCUT2D eigenvalue weighted by Crippen LogP contribution is 2.41. The Morgan fingerprint density at radius 1 is 1.17 bits per heavy atom. The van der Waals surface area contributed by atoms with E-state index in [0.717, 1.165) is 51.1 Å². The second-order valence-corrected chi connectivity index (χ2v) is 21.2. The van der Waals surface area contributed by atoms with E-state index in [1.54, 1.807) is 6.07 Å². The average Bonchev–Trinajstić information content (AvgIpc) is 3.45. The van der Waals surface area contributed by atoms with Crippen LogP contribution in [-0.2, 0) is 34.8 Å². The summed E-state index contributed by atoms with van der Waals surface area (Å²) in [7, 11) is -1.29. The van der Waals surface area contributed by atoms with Crippen LogP contribution < -0.4 is 4.72 Å². The number of nitrogens with zero attached hydrogens (tertiary/aromatic N) is 4. The summed E-state index contributed by atoms with van der Waals surface area (Å²) in [5.41, 5.74) is 5.46. The van der Waals surface area contributed by atoms with Gasteiger partial charge in [0.2, 0.25) is 0 Å². The maximum absolute atomic E-state index is 13.9. The summed E-state index contributed by atoms with van der Waals surface area (Å²) in [4.78, 5) is 5.17. The molecule has 41 heavy (non-hydrogen) atoms. The first-order valence-electron chi connectivity index (χ1n) is 14.1. The normalized spacial score (nSPS) is 14.9. The van der Waals surface area contributed by atoms with Crippen LogP contribution in [0.15, 0.2) is 36.5 Å². The van der Waals surface area contributed by atoms with Gasteiger partial charge in [0.25, 0.3) is 0 Å². The van der Waals surface area contributed by atoms with Gasteiger partial charge in [0, 0.05) is 37.6 Å². The van der Waals surface area contributed by atoms with Gasteiger partial charge in [-0.3, -0.25) is 3.97 Å². The van der Waals surface area contributed by atoms with Crippen molar-refractivity contribution in [2.24, 2.45) is 0 Å². The fourth-order valence-electron chi connectivity index (χ4n) is 5.25. The van der Waals surface area contributed by atoms with Crippen LogP contribution in [0.1, 0.15) is 62.7 Å². The second kappa shape index (κ2) is 11.8. The van der Waals surface area contributed by atoms with Gasteiger partial charge >= 0.3 is 0 Å². The molecule has 220 valence electrons. The molecule has 10 heteroatoms. The van der Waals surface area contributed by atoms with E-state index in [1.165, 1.54) is 0 Å². The predicted octanol–water partition coefficient (Wildman–Crippen LogP) is 7.05. The third-order valence-corrected chi connectivity index (χ3v) is 11.2. The van der Waals surface area contributed by atoms with Crippen LogP contribution in [0.25, 0.3) is 21.9 Å². The van der Waals surface area contributed by atoms with Gasteiger partial charge < -0.3 is 13.9 Å². The summed E-state index contributed by atoms with van der Waals surface area (Å²) in [5.74, 6) is 0.694. The monoisotopic (exact) mass is 609 g/mol. The van der Waals surface area contributed by atoms with E-state index in [9.17, 15) is 9.81 Å². The number of thiol groups is 1. The minimum absolute atomic E-state index is 0.272. The second-order valence-electron chi connectivity index (χ2n) is 13.1. The van der Waals surface area contributed by atoms with Crippen LogP contribution in [-0.4, -0.2) is 37.5 Å². The molecule has 2 aromatic carbocycles. The van der Waals surface area contributed by atoms with Crippen molar-refractivity contribution in [2.75, 3.05) is 6.61 Å². The molecule has 0 amide bonds. The highest BCUT2D eigenvalue weighted by Gasteiger charge is 2.44. The molecule has 1 N–H and O–H groups in total. The molecule has 0 spiro atoms. The molecule has 7 nitrogen and oxygen atoms in total. The number of hydrogen-bond acceptors (Lipinski definition) is 6. The van der Waals surface area contributed by atoms with Gasteiger partial charge in [0.1, 0.15) is 22.8 Å². The zero-order valence-electron chi connectivity index (χ0n) is 25.8. The van der Waals surface area contributed by atoms with Crippen molar-refractivity contribution in [3.05, 3.63) is 64.6 Å². The highest BCUT2D eigenvalue weighted by molar-refractivity contribution is 7.90. The number of hydrogen-bond donors (Lipinski definition) is 2. The number of fused-ring (bicyclic) bond motifs is 2. The Morgan fingerprint density at radius 2 is 1.88 bits per heavy atom. The molecule has 0 aliphatic rings. The molecule has 4 aromatic rings. The molecule has 4 rings (SSSR count). The topological polar surface area (TPSA) is 90.9 Å². The lowest BCUT2D eigenvalue weighted by molar-refractivity contribution is 0.0857. The maximum Gasteiger partial charge on any atom is 0.144 e. The maximum atomic E-state index is 13.9. The lowest BCUT2D eigenvalue weighted by atomic mass is 9.83. The van der Waals surface area contributed by atoms with E-state index in [-0.39, 0.29) is 6.73 Å². The molecule has 2 heterocycles. The number of aromatic nitrogens is 3. The Bertz CT molecular complexity index is 1610. The summed E-state index contributed by atoms with van der Waals surface area (Å²) < 4.78 is 27.1. The van der Waals surface area contributed by atoms with Gasteiger partial charge in [-0.15, -0.1) is 4.72 Å². The van der Waals surface area contributed by atoms with Crippen molar-refractivity contribution in [3.63, 3.8) is 0 Å². The molecule has 0 bridgehead atoms. The summed E-state index contributed by atoms with van der Waals surface area (Å²) in [5, 5.41) is 10.7. The van der Waals surface area contributed by atoms with E-state index in [1.807, 2.05) is 43.1 Å². The Labute approximate surface area is 254 Å². The first kappa shape index (κ1) is 31.7. The lowest BCUT2D eigenvalue weighted by Crippen LogP contribution is -2.52. The quantitative estimate of drug-likeness (QED) is 0.0870. The average molecular weight is 610 g/mol. The molecular weight excluding hydrogens is 567 g/mol. The van der Waals surface area contributed by atoms with Crippen molar-refractivity contribution in [1.29, 1.82) is 5.26 Å². The predicted molar refractivity (Wildman–Crippen MR) is 176 cm³/mol. The van der Waals surface area contributed by atoms with Crippen molar-refractivity contribution >= 4 is 54.2 Å². The summed E-state index contributed by atoms with van der Waals surface area (Å²) >= 11 is 3.28. The number of aryl methyl sites for hydroxylation is 2. The largest absolute Gasteiger partial charge is 0.598 e. The Morgan fingerprint density at radius 3 is 2.49 bits per heavy atom. The number of ether oxygens (including phenoxy) is 1. The van der Waals surface area contributed by atoms with Crippen LogP contribution in [0.2, 0.25) is 25.7 Å². The first-order valence-corrected chi connectivity index (χ1v) is 19.4. The fraction of sp³-hybridized carbons (Fsp3) is 0.484. The van der Waals surface area contributed by atoms with E-state index >= 15 is 0 Å². The summed E-state index contributed by atoms with van der Waals surface area (Å²) in [6.07, 6.45) is 2.74. The number of benzene rings is 2. The molecular formula is C31H43N5O2S2Si. The first-order chi connectivity index (χ1) is 19.1. The zero-order valence-corrected chi connectivity index (χ0v) is 28.5. The van der Waals surface area contributed by atoms with E-state index in [4.69, 9.17) is 22.5 Å². The minimum atomic E-state index is -1.43. The smallest absolute Gasteiger partial charge is 0.144 e. The number of nitrogens with one attached hydrogen (secondary N) is 1. The minimum Gasteiger partial charge on any atom is -0.598 e. The summed E-state index contributed by atoms with van der Waals surface area (Å²) in [6, 6.07) is 13.1. The third-order valence-electron chi connectivity index (χ3n) is 7.50. The molecule has 0 saturated heterocycles. The van der Waals surface area contributed by atoms with E-state index < -0.39 is 29.7 Å². The third kappa shape index (κ3) is 6.41. The van der Waals surface area contributed by atoms with E-state index in [2.05, 4.69) is 67.9 Å². The molecule has 2 unspecified atom stereocenters. The van der Waals surface area contributed by atoms with Gasteiger partial charge in [-0.05, 0) is 88.0 Å². The molecule has 0 aliphatic heterocycles. The fourth-order valence-corrected chi connectivity index (χ4v) is 7.21. The zero-order chi connectivity index (χ0) is 30.3. The van der Waals surface area contributed by atoms with Gasteiger partial charge in [-0.1, -0.05) is 45.4 Å². The molecule has 0 fully saturated rings. The van der Waals surface area contributed by atoms with Gasteiger partial charge in [-0.25, -0.2) is 4.98 Å². The number of rotatable bonds is 10. The van der Waals surface area contributed by atoms with Gasteiger partial charge in [-0.2, -0.15) is 5.26 Å².